The number of methoxy groups -OCH3 is 1. The Kier molecular flexibility index (Phi) is 7.92. The van der Waals surface area contributed by atoms with Gasteiger partial charge in [-0.25, -0.2) is 13.1 Å². The molecule has 7 nitrogen and oxygen atoms in total. The minimum atomic E-state index is -3.60. The van der Waals surface area contributed by atoms with Gasteiger partial charge in [-0.3, -0.25) is 10.1 Å². The minimum Gasteiger partial charge on any atom is -0.496 e. The van der Waals surface area contributed by atoms with Crippen LogP contribution in [0.1, 0.15) is 10.4 Å². The fourth-order valence-corrected chi connectivity index (χ4v) is 4.06. The molecule has 2 rings (SSSR count). The van der Waals surface area contributed by atoms with Crippen LogP contribution in [0.15, 0.2) is 60.0 Å². The van der Waals surface area contributed by atoms with Crippen molar-refractivity contribution in [2.75, 3.05) is 19.0 Å². The molecule has 0 aliphatic heterocycles. The molecular formula is C18H18IN3O4S2. The smallest absolute Gasteiger partial charge is 0.257 e. The SMILES string of the molecule is C=CCNS(=O)(=O)c1ccc(NC(=S)NC(=O)c2ccc(OC)c(I)c2)cc1. The predicted molar refractivity (Wildman–Crippen MR) is 121 cm³/mol. The summed E-state index contributed by atoms with van der Waals surface area (Å²) in [5, 5.41) is 5.51. The van der Waals surface area contributed by atoms with Crippen molar-refractivity contribution >= 4 is 61.5 Å². The number of benzene rings is 2. The molecule has 0 spiro atoms. The lowest BCUT2D eigenvalue weighted by atomic mass is 10.2. The van der Waals surface area contributed by atoms with Crippen LogP contribution >= 0.6 is 34.8 Å². The second-order valence-corrected chi connectivity index (χ2v) is 8.76. The summed E-state index contributed by atoms with van der Waals surface area (Å²) in [6.45, 7) is 3.61. The molecule has 28 heavy (non-hydrogen) atoms. The first kappa shape index (κ1) is 22.3. The van der Waals surface area contributed by atoms with E-state index in [1.807, 2.05) is 0 Å². The van der Waals surface area contributed by atoms with Crippen LogP contribution < -0.4 is 20.1 Å². The van der Waals surface area contributed by atoms with Gasteiger partial charge in [0.15, 0.2) is 5.11 Å². The summed E-state index contributed by atoms with van der Waals surface area (Å²) in [5.74, 6) is 0.307. The van der Waals surface area contributed by atoms with E-state index in [1.165, 1.54) is 18.2 Å². The third-order valence-corrected chi connectivity index (χ3v) is 5.97. The Morgan fingerprint density at radius 1 is 1.25 bits per heavy atom. The van der Waals surface area contributed by atoms with Crippen LogP contribution in [0.3, 0.4) is 0 Å². The number of carbonyl (C=O) groups excluding carboxylic acids is 1. The van der Waals surface area contributed by atoms with E-state index >= 15 is 0 Å². The van der Waals surface area contributed by atoms with Crippen LogP contribution in [0.5, 0.6) is 5.75 Å². The van der Waals surface area contributed by atoms with Crippen molar-refractivity contribution in [3.8, 4) is 5.75 Å². The summed E-state index contributed by atoms with van der Waals surface area (Å²) >= 11 is 7.22. The molecule has 0 unspecified atom stereocenters. The first-order valence-electron chi connectivity index (χ1n) is 7.93. The highest BCUT2D eigenvalue weighted by Gasteiger charge is 2.13. The van der Waals surface area contributed by atoms with E-state index in [-0.39, 0.29) is 22.5 Å². The number of hydrogen-bond donors (Lipinski definition) is 3. The van der Waals surface area contributed by atoms with Crippen molar-refractivity contribution in [1.29, 1.82) is 0 Å². The zero-order valence-electron chi connectivity index (χ0n) is 14.9. The summed E-state index contributed by atoms with van der Waals surface area (Å²) in [5.41, 5.74) is 0.973. The first-order valence-corrected chi connectivity index (χ1v) is 10.9. The number of sulfonamides is 1. The molecule has 0 bridgehead atoms. The van der Waals surface area contributed by atoms with E-state index in [1.54, 1.807) is 37.4 Å². The summed E-state index contributed by atoms with van der Waals surface area (Å²) in [4.78, 5) is 12.4. The van der Waals surface area contributed by atoms with Gasteiger partial charge in [0.1, 0.15) is 5.75 Å². The first-order chi connectivity index (χ1) is 13.3. The maximum Gasteiger partial charge on any atom is 0.257 e. The van der Waals surface area contributed by atoms with Crippen molar-refractivity contribution in [3.63, 3.8) is 0 Å². The van der Waals surface area contributed by atoms with Crippen LogP contribution in [-0.4, -0.2) is 33.1 Å². The number of nitrogens with one attached hydrogen (secondary N) is 3. The molecule has 10 heteroatoms. The molecule has 2 aromatic rings. The van der Waals surface area contributed by atoms with Gasteiger partial charge >= 0.3 is 0 Å². The molecule has 0 saturated heterocycles. The molecule has 0 fully saturated rings. The molecule has 0 heterocycles. The van der Waals surface area contributed by atoms with E-state index in [4.69, 9.17) is 17.0 Å². The zero-order chi connectivity index (χ0) is 20.7. The van der Waals surface area contributed by atoms with Gasteiger partial charge in [0.2, 0.25) is 10.0 Å². The third kappa shape index (κ3) is 5.99. The largest absolute Gasteiger partial charge is 0.496 e. The molecule has 0 radical (unpaired) electrons. The molecule has 148 valence electrons. The molecule has 0 aromatic heterocycles. The summed E-state index contributed by atoms with van der Waals surface area (Å²) < 4.78 is 32.4. The highest BCUT2D eigenvalue weighted by molar-refractivity contribution is 14.1. The van der Waals surface area contributed by atoms with Gasteiger partial charge in [0.05, 0.1) is 15.6 Å². The summed E-state index contributed by atoms with van der Waals surface area (Å²) in [7, 11) is -2.04. The van der Waals surface area contributed by atoms with Gasteiger partial charge in [-0.05, 0) is 77.3 Å². The average Bonchev–Trinajstić information content (AvgIpc) is 2.66. The number of ether oxygens (including phenoxy) is 1. The second-order valence-electron chi connectivity index (χ2n) is 5.42. The van der Waals surface area contributed by atoms with Crippen molar-refractivity contribution in [2.45, 2.75) is 4.90 Å². The molecule has 3 N–H and O–H groups in total. The van der Waals surface area contributed by atoms with Gasteiger partial charge in [-0.2, -0.15) is 0 Å². The van der Waals surface area contributed by atoms with Gasteiger partial charge in [0.25, 0.3) is 5.91 Å². The zero-order valence-corrected chi connectivity index (χ0v) is 18.7. The Bertz CT molecular complexity index is 992. The average molecular weight is 531 g/mol. The van der Waals surface area contributed by atoms with Crippen molar-refractivity contribution in [3.05, 3.63) is 64.3 Å². The molecule has 0 aliphatic carbocycles. The Morgan fingerprint density at radius 2 is 1.93 bits per heavy atom. The lowest BCUT2D eigenvalue weighted by molar-refractivity contribution is 0.0977. The molecule has 2 aromatic carbocycles. The maximum atomic E-state index is 12.3. The number of thiocarbonyl (C=S) groups is 1. The highest BCUT2D eigenvalue weighted by atomic mass is 127. The molecular weight excluding hydrogens is 513 g/mol. The molecule has 1 amide bonds. The van der Waals surface area contributed by atoms with Crippen LogP contribution in [-0.2, 0) is 10.0 Å². The monoisotopic (exact) mass is 531 g/mol. The molecule has 0 saturated carbocycles. The number of hydrogen-bond acceptors (Lipinski definition) is 5. The normalized spacial score (nSPS) is 10.8. The lowest BCUT2D eigenvalue weighted by Gasteiger charge is -2.11. The highest BCUT2D eigenvalue weighted by Crippen LogP contribution is 2.21. The van der Waals surface area contributed by atoms with Crippen molar-refractivity contribution in [1.82, 2.24) is 10.0 Å². The van der Waals surface area contributed by atoms with Gasteiger partial charge < -0.3 is 10.1 Å². The number of amides is 1. The third-order valence-electron chi connectivity index (χ3n) is 3.48. The second kappa shape index (κ2) is 9.96. The standard InChI is InChI=1S/C18H18IN3O4S2/c1-3-10-20-28(24,25)14-7-5-13(6-8-14)21-18(27)22-17(23)12-4-9-16(26-2)15(19)11-12/h3-9,11,20H,1,10H2,2H3,(H2,21,22,23,27). The Hall–Kier alpha value is -2.02. The minimum absolute atomic E-state index is 0.0937. The molecule has 0 aliphatic rings. The molecule has 0 atom stereocenters. The van der Waals surface area contributed by atoms with E-state index in [0.717, 1.165) is 3.57 Å². The number of anilines is 1. The van der Waals surface area contributed by atoms with E-state index < -0.39 is 10.0 Å². The van der Waals surface area contributed by atoms with E-state index in [0.29, 0.717) is 17.0 Å². The van der Waals surface area contributed by atoms with E-state index in [2.05, 4.69) is 44.5 Å². The van der Waals surface area contributed by atoms with Crippen LogP contribution in [0.25, 0.3) is 0 Å². The van der Waals surface area contributed by atoms with Crippen LogP contribution in [0.2, 0.25) is 0 Å². The van der Waals surface area contributed by atoms with Crippen molar-refractivity contribution in [2.24, 2.45) is 0 Å². The maximum absolute atomic E-state index is 12.3. The number of rotatable bonds is 7. The van der Waals surface area contributed by atoms with Crippen LogP contribution in [0.4, 0.5) is 5.69 Å². The number of carbonyl (C=O) groups is 1. The Balaban J connectivity index is 2.00. The van der Waals surface area contributed by atoms with E-state index in [9.17, 15) is 13.2 Å². The summed E-state index contributed by atoms with van der Waals surface area (Å²) in [6.07, 6.45) is 1.46. The fourth-order valence-electron chi connectivity index (χ4n) is 2.11. The Labute approximate surface area is 182 Å². The quantitative estimate of drug-likeness (QED) is 0.289. The van der Waals surface area contributed by atoms with Crippen LogP contribution in [0, 0.1) is 3.57 Å². The predicted octanol–water partition coefficient (Wildman–Crippen LogP) is 2.89. The number of halogens is 1. The van der Waals surface area contributed by atoms with Crippen molar-refractivity contribution < 1.29 is 17.9 Å². The topological polar surface area (TPSA) is 96.5 Å². The summed E-state index contributed by atoms with van der Waals surface area (Å²) in [6, 6.07) is 11.0. The Morgan fingerprint density at radius 3 is 2.50 bits per heavy atom. The van der Waals surface area contributed by atoms with Gasteiger partial charge in [0, 0.05) is 17.8 Å². The fraction of sp³-hybridized carbons (Fsp3) is 0.111. The lowest BCUT2D eigenvalue weighted by Crippen LogP contribution is -2.34. The van der Waals surface area contributed by atoms with Gasteiger partial charge in [-0.15, -0.1) is 6.58 Å². The van der Waals surface area contributed by atoms with Gasteiger partial charge in [-0.1, -0.05) is 6.08 Å².